The van der Waals surface area contributed by atoms with Crippen LogP contribution in [0.25, 0.3) is 0 Å². The molecule has 0 heterocycles. The molecule has 0 aromatic carbocycles. The standard InChI is InChI=1S/C18H32/c1-12-9-8-10-13(2)15-11-17(4,5)16(15)18(6,7)14(12)3/h12-14H,8-11H2,1-7H3. The quantitative estimate of drug-likeness (QED) is 0.473. The molecule has 0 radical (unpaired) electrons. The Morgan fingerprint density at radius 2 is 1.56 bits per heavy atom. The topological polar surface area (TPSA) is 0 Å². The fourth-order valence-electron chi connectivity index (χ4n) is 4.80. The van der Waals surface area contributed by atoms with Crippen molar-refractivity contribution in [2.75, 3.05) is 0 Å². The van der Waals surface area contributed by atoms with Crippen molar-refractivity contribution in [2.24, 2.45) is 28.6 Å². The molecule has 0 aliphatic heterocycles. The Bertz CT molecular complexity index is 356. The lowest BCUT2D eigenvalue weighted by Gasteiger charge is -2.53. The predicted molar refractivity (Wildman–Crippen MR) is 80.5 cm³/mol. The highest BCUT2D eigenvalue weighted by atomic mass is 14.5. The third-order valence-corrected chi connectivity index (χ3v) is 6.16. The first kappa shape index (κ1) is 14.2. The van der Waals surface area contributed by atoms with Gasteiger partial charge in [0.2, 0.25) is 0 Å². The summed E-state index contributed by atoms with van der Waals surface area (Å²) in [4.78, 5) is 0. The van der Waals surface area contributed by atoms with Crippen LogP contribution in [0.4, 0.5) is 0 Å². The van der Waals surface area contributed by atoms with Crippen molar-refractivity contribution < 1.29 is 0 Å². The van der Waals surface area contributed by atoms with E-state index in [9.17, 15) is 0 Å². The van der Waals surface area contributed by atoms with Crippen LogP contribution in [-0.4, -0.2) is 0 Å². The maximum Gasteiger partial charge on any atom is -0.00991 e. The Kier molecular flexibility index (Phi) is 3.45. The van der Waals surface area contributed by atoms with E-state index >= 15 is 0 Å². The lowest BCUT2D eigenvalue weighted by molar-refractivity contribution is 0.146. The van der Waals surface area contributed by atoms with Crippen LogP contribution >= 0.6 is 0 Å². The molecule has 0 aromatic rings. The summed E-state index contributed by atoms with van der Waals surface area (Å²) in [5.74, 6) is 2.48. The molecular formula is C18H32. The van der Waals surface area contributed by atoms with Crippen molar-refractivity contribution in [2.45, 2.75) is 74.1 Å². The van der Waals surface area contributed by atoms with Gasteiger partial charge in [-0.1, -0.05) is 72.5 Å². The van der Waals surface area contributed by atoms with Crippen LogP contribution in [0.1, 0.15) is 74.1 Å². The Morgan fingerprint density at radius 1 is 0.944 bits per heavy atom. The summed E-state index contributed by atoms with van der Waals surface area (Å²) in [6, 6.07) is 0. The van der Waals surface area contributed by atoms with Gasteiger partial charge < -0.3 is 0 Å². The van der Waals surface area contributed by atoms with Crippen LogP contribution in [0.5, 0.6) is 0 Å². The molecule has 2 aliphatic rings. The molecule has 0 heteroatoms. The van der Waals surface area contributed by atoms with Gasteiger partial charge in [0.1, 0.15) is 0 Å². The first-order valence-electron chi connectivity index (χ1n) is 7.92. The van der Waals surface area contributed by atoms with Crippen molar-refractivity contribution >= 4 is 0 Å². The van der Waals surface area contributed by atoms with Crippen molar-refractivity contribution in [1.29, 1.82) is 0 Å². The first-order chi connectivity index (χ1) is 8.18. The highest BCUT2D eigenvalue weighted by Crippen LogP contribution is 2.60. The summed E-state index contributed by atoms with van der Waals surface area (Å²) in [6.45, 7) is 17.3. The van der Waals surface area contributed by atoms with E-state index in [1.807, 2.05) is 11.1 Å². The Balaban J connectivity index is 2.46. The maximum absolute atomic E-state index is 2.50. The first-order valence-corrected chi connectivity index (χ1v) is 7.92. The van der Waals surface area contributed by atoms with Gasteiger partial charge in [0, 0.05) is 0 Å². The summed E-state index contributed by atoms with van der Waals surface area (Å²) in [6.07, 6.45) is 5.58. The summed E-state index contributed by atoms with van der Waals surface area (Å²) in [7, 11) is 0. The maximum atomic E-state index is 2.50. The highest BCUT2D eigenvalue weighted by Gasteiger charge is 2.48. The van der Waals surface area contributed by atoms with Gasteiger partial charge in [-0.15, -0.1) is 0 Å². The fourth-order valence-corrected chi connectivity index (χ4v) is 4.80. The summed E-state index contributed by atoms with van der Waals surface area (Å²) in [5.41, 5.74) is 4.45. The monoisotopic (exact) mass is 248 g/mol. The van der Waals surface area contributed by atoms with Gasteiger partial charge in [0.25, 0.3) is 0 Å². The Labute approximate surface area is 114 Å². The van der Waals surface area contributed by atoms with Crippen molar-refractivity contribution in [1.82, 2.24) is 0 Å². The molecule has 2 rings (SSSR count). The second-order valence-electron chi connectivity index (χ2n) is 8.28. The van der Waals surface area contributed by atoms with Gasteiger partial charge in [0.05, 0.1) is 0 Å². The molecule has 0 aromatic heterocycles. The van der Waals surface area contributed by atoms with E-state index in [2.05, 4.69) is 48.5 Å². The minimum atomic E-state index is 0.384. The second-order valence-corrected chi connectivity index (χ2v) is 8.28. The molecule has 0 N–H and O–H groups in total. The molecule has 0 bridgehead atoms. The molecule has 104 valence electrons. The van der Waals surface area contributed by atoms with Crippen molar-refractivity contribution in [3.05, 3.63) is 11.1 Å². The molecule has 3 unspecified atom stereocenters. The lowest BCUT2D eigenvalue weighted by Crippen LogP contribution is -2.42. The van der Waals surface area contributed by atoms with Crippen LogP contribution < -0.4 is 0 Å². The summed E-state index contributed by atoms with van der Waals surface area (Å²) < 4.78 is 0. The number of hydrogen-bond donors (Lipinski definition) is 0. The van der Waals surface area contributed by atoms with E-state index in [0.717, 1.165) is 17.8 Å². The molecule has 0 fully saturated rings. The van der Waals surface area contributed by atoms with E-state index in [1.165, 1.54) is 25.7 Å². The zero-order valence-corrected chi connectivity index (χ0v) is 13.6. The van der Waals surface area contributed by atoms with E-state index in [-0.39, 0.29) is 0 Å². The highest BCUT2D eigenvalue weighted by molar-refractivity contribution is 5.39. The second kappa shape index (κ2) is 4.39. The average Bonchev–Trinajstić information content (AvgIpc) is 2.24. The van der Waals surface area contributed by atoms with Crippen LogP contribution in [0, 0.1) is 28.6 Å². The van der Waals surface area contributed by atoms with Gasteiger partial charge >= 0.3 is 0 Å². The molecule has 0 amide bonds. The molecule has 2 aliphatic carbocycles. The lowest BCUT2D eigenvalue weighted by atomic mass is 9.52. The molecular weight excluding hydrogens is 216 g/mol. The van der Waals surface area contributed by atoms with E-state index in [1.54, 1.807) is 0 Å². The number of rotatable bonds is 0. The van der Waals surface area contributed by atoms with Crippen LogP contribution in [0.2, 0.25) is 0 Å². The van der Waals surface area contributed by atoms with E-state index in [0.29, 0.717) is 10.8 Å². The van der Waals surface area contributed by atoms with E-state index < -0.39 is 0 Å². The van der Waals surface area contributed by atoms with Crippen LogP contribution in [0.3, 0.4) is 0 Å². The molecule has 0 nitrogen and oxygen atoms in total. The average molecular weight is 248 g/mol. The third kappa shape index (κ3) is 2.06. The largest absolute Gasteiger partial charge is 0.0662 e. The van der Waals surface area contributed by atoms with Gasteiger partial charge in [0.15, 0.2) is 0 Å². The van der Waals surface area contributed by atoms with Gasteiger partial charge in [-0.3, -0.25) is 0 Å². The van der Waals surface area contributed by atoms with Gasteiger partial charge in [-0.05, 0) is 41.4 Å². The predicted octanol–water partition coefficient (Wildman–Crippen LogP) is 5.83. The molecule has 18 heavy (non-hydrogen) atoms. The Hall–Kier alpha value is -0.260. The minimum Gasteiger partial charge on any atom is -0.0662 e. The van der Waals surface area contributed by atoms with Crippen LogP contribution in [-0.2, 0) is 0 Å². The van der Waals surface area contributed by atoms with Gasteiger partial charge in [-0.2, -0.15) is 0 Å². The SMILES string of the molecule is CC1CCCC(C)C(C)C(C)(C)C2=C1CC2(C)C. The summed E-state index contributed by atoms with van der Waals surface area (Å²) >= 11 is 0. The molecule has 0 saturated heterocycles. The number of hydrogen-bond acceptors (Lipinski definition) is 0. The zero-order chi connectivity index (χ0) is 13.7. The van der Waals surface area contributed by atoms with Crippen molar-refractivity contribution in [3.8, 4) is 0 Å². The number of allylic oxidation sites excluding steroid dienone is 2. The fraction of sp³-hybridized carbons (Fsp3) is 0.889. The minimum absolute atomic E-state index is 0.384. The zero-order valence-electron chi connectivity index (χ0n) is 13.6. The normalized spacial score (nSPS) is 39.2. The van der Waals surface area contributed by atoms with Crippen molar-refractivity contribution in [3.63, 3.8) is 0 Å². The molecule has 0 saturated carbocycles. The Morgan fingerprint density at radius 3 is 2.11 bits per heavy atom. The van der Waals surface area contributed by atoms with Gasteiger partial charge in [-0.25, -0.2) is 0 Å². The molecule has 0 spiro atoms. The summed E-state index contributed by atoms with van der Waals surface area (Å²) in [5, 5.41) is 0. The van der Waals surface area contributed by atoms with E-state index in [4.69, 9.17) is 0 Å². The van der Waals surface area contributed by atoms with Crippen LogP contribution in [0.15, 0.2) is 11.1 Å². The smallest absolute Gasteiger partial charge is 0.00991 e. The third-order valence-electron chi connectivity index (χ3n) is 6.16. The molecule has 3 atom stereocenters.